The summed E-state index contributed by atoms with van der Waals surface area (Å²) in [6.07, 6.45) is 1.71. The quantitative estimate of drug-likeness (QED) is 0.384. The molecule has 2 aromatic heterocycles. The molecule has 0 bridgehead atoms. The van der Waals surface area contributed by atoms with Crippen molar-refractivity contribution in [3.8, 4) is 11.1 Å². The van der Waals surface area contributed by atoms with Gasteiger partial charge in [-0.15, -0.1) is 23.1 Å². The summed E-state index contributed by atoms with van der Waals surface area (Å²) in [5, 5.41) is 2.34. The maximum Gasteiger partial charge on any atom is 0.128 e. The molecule has 0 spiro atoms. The van der Waals surface area contributed by atoms with Crippen LogP contribution in [0.3, 0.4) is 0 Å². The Morgan fingerprint density at radius 1 is 1.04 bits per heavy atom. The highest BCUT2D eigenvalue weighted by Gasteiger charge is 2.17. The van der Waals surface area contributed by atoms with Gasteiger partial charge in [-0.25, -0.2) is 9.97 Å². The van der Waals surface area contributed by atoms with Gasteiger partial charge in [0.2, 0.25) is 0 Å². The predicted octanol–water partition coefficient (Wildman–Crippen LogP) is 5.72. The largest absolute Gasteiger partial charge is 0.303 e. The number of fused-ring (bicyclic) bond motifs is 1. The Labute approximate surface area is 164 Å². The molecule has 0 N–H and O–H groups in total. The van der Waals surface area contributed by atoms with Gasteiger partial charge in [0.05, 0.1) is 5.39 Å². The van der Waals surface area contributed by atoms with Crippen LogP contribution < -0.4 is 0 Å². The SMILES string of the molecule is CCN(CC)CCSc1ncnc2sc(C)c(-c3ccc(C)c(C)c3)c12. The molecule has 0 atom stereocenters. The molecule has 2 heterocycles. The van der Waals surface area contributed by atoms with E-state index in [1.165, 1.54) is 32.5 Å². The minimum atomic E-state index is 1.05. The number of benzene rings is 1. The normalized spacial score (nSPS) is 11.6. The first-order chi connectivity index (χ1) is 12.5. The number of aromatic nitrogens is 2. The molecule has 0 radical (unpaired) electrons. The van der Waals surface area contributed by atoms with E-state index in [4.69, 9.17) is 0 Å². The minimum absolute atomic E-state index is 1.05. The van der Waals surface area contributed by atoms with Crippen molar-refractivity contribution < 1.29 is 0 Å². The van der Waals surface area contributed by atoms with Crippen LogP contribution in [0, 0.1) is 20.8 Å². The van der Waals surface area contributed by atoms with Crippen molar-refractivity contribution in [3.63, 3.8) is 0 Å². The standard InChI is InChI=1S/C21H27N3S2/c1-6-24(7-2)10-11-25-20-19-18(16(5)26-21(19)23-13-22-20)17-9-8-14(3)15(4)12-17/h8-9,12-13H,6-7,10-11H2,1-5H3. The molecule has 0 aliphatic carbocycles. The zero-order valence-electron chi connectivity index (χ0n) is 16.3. The van der Waals surface area contributed by atoms with Gasteiger partial charge < -0.3 is 4.90 Å². The van der Waals surface area contributed by atoms with Crippen LogP contribution in [0.15, 0.2) is 29.6 Å². The summed E-state index contributed by atoms with van der Waals surface area (Å²) < 4.78 is 0. The Balaban J connectivity index is 1.99. The van der Waals surface area contributed by atoms with Gasteiger partial charge >= 0.3 is 0 Å². The van der Waals surface area contributed by atoms with Gasteiger partial charge in [-0.3, -0.25) is 0 Å². The van der Waals surface area contributed by atoms with E-state index in [-0.39, 0.29) is 0 Å². The summed E-state index contributed by atoms with van der Waals surface area (Å²) in [7, 11) is 0. The maximum atomic E-state index is 4.63. The highest BCUT2D eigenvalue weighted by molar-refractivity contribution is 7.99. The van der Waals surface area contributed by atoms with Crippen molar-refractivity contribution in [2.24, 2.45) is 0 Å². The van der Waals surface area contributed by atoms with Crippen molar-refractivity contribution in [1.82, 2.24) is 14.9 Å². The molecule has 0 unspecified atom stereocenters. The van der Waals surface area contributed by atoms with Gasteiger partial charge in [-0.05, 0) is 50.6 Å². The third kappa shape index (κ3) is 3.95. The minimum Gasteiger partial charge on any atom is -0.303 e. The number of thiophene rings is 1. The van der Waals surface area contributed by atoms with Crippen LogP contribution in [-0.4, -0.2) is 40.3 Å². The Bertz CT molecular complexity index is 898. The first-order valence-corrected chi connectivity index (χ1v) is 11.0. The number of hydrogen-bond donors (Lipinski definition) is 0. The molecular weight excluding hydrogens is 358 g/mol. The zero-order chi connectivity index (χ0) is 18.7. The molecule has 0 amide bonds. The fraction of sp³-hybridized carbons (Fsp3) is 0.429. The molecule has 3 rings (SSSR count). The summed E-state index contributed by atoms with van der Waals surface area (Å²) in [5.41, 5.74) is 5.24. The van der Waals surface area contributed by atoms with Crippen LogP contribution in [-0.2, 0) is 0 Å². The molecule has 1 aromatic carbocycles. The lowest BCUT2D eigenvalue weighted by Crippen LogP contribution is -2.25. The molecule has 5 heteroatoms. The highest BCUT2D eigenvalue weighted by Crippen LogP contribution is 2.41. The van der Waals surface area contributed by atoms with Crippen molar-refractivity contribution in [2.45, 2.75) is 39.6 Å². The first-order valence-electron chi connectivity index (χ1n) is 9.22. The van der Waals surface area contributed by atoms with E-state index < -0.39 is 0 Å². The third-order valence-electron chi connectivity index (χ3n) is 4.97. The molecule has 0 aliphatic rings. The Morgan fingerprint density at radius 3 is 2.50 bits per heavy atom. The lowest BCUT2D eigenvalue weighted by atomic mass is 9.99. The van der Waals surface area contributed by atoms with E-state index in [0.29, 0.717) is 0 Å². The molecule has 138 valence electrons. The predicted molar refractivity (Wildman–Crippen MR) is 116 cm³/mol. The van der Waals surface area contributed by atoms with Crippen molar-refractivity contribution in [1.29, 1.82) is 0 Å². The van der Waals surface area contributed by atoms with Crippen LogP contribution in [0.1, 0.15) is 29.9 Å². The van der Waals surface area contributed by atoms with E-state index in [2.05, 4.69) is 67.7 Å². The number of aryl methyl sites for hydroxylation is 3. The van der Waals surface area contributed by atoms with Gasteiger partial charge in [-0.2, -0.15) is 0 Å². The summed E-state index contributed by atoms with van der Waals surface area (Å²) in [6, 6.07) is 6.74. The summed E-state index contributed by atoms with van der Waals surface area (Å²) >= 11 is 3.62. The fourth-order valence-corrected chi connectivity index (χ4v) is 5.27. The van der Waals surface area contributed by atoms with Gasteiger partial charge in [0.15, 0.2) is 0 Å². The van der Waals surface area contributed by atoms with E-state index in [9.17, 15) is 0 Å². The first kappa shape index (κ1) is 19.3. The van der Waals surface area contributed by atoms with E-state index in [0.717, 1.165) is 35.2 Å². The molecule has 0 saturated heterocycles. The number of nitrogens with zero attached hydrogens (tertiary/aromatic N) is 3. The second kappa shape index (κ2) is 8.51. The van der Waals surface area contributed by atoms with Gasteiger partial charge in [-0.1, -0.05) is 32.0 Å². The lowest BCUT2D eigenvalue weighted by Gasteiger charge is -2.17. The molecule has 3 aromatic rings. The maximum absolute atomic E-state index is 4.63. The number of thioether (sulfide) groups is 1. The number of rotatable bonds is 7. The molecule has 26 heavy (non-hydrogen) atoms. The van der Waals surface area contributed by atoms with E-state index in [1.807, 2.05) is 11.8 Å². The second-order valence-corrected chi connectivity index (χ2v) is 8.85. The Morgan fingerprint density at radius 2 is 1.81 bits per heavy atom. The van der Waals surface area contributed by atoms with E-state index in [1.54, 1.807) is 17.7 Å². The monoisotopic (exact) mass is 385 g/mol. The highest BCUT2D eigenvalue weighted by atomic mass is 32.2. The fourth-order valence-electron chi connectivity index (χ4n) is 3.18. The summed E-state index contributed by atoms with van der Waals surface area (Å²) in [5.74, 6) is 1.05. The Hall–Kier alpha value is -1.43. The summed E-state index contributed by atoms with van der Waals surface area (Å²) in [4.78, 5) is 14.0. The molecule has 0 fully saturated rings. The number of hydrogen-bond acceptors (Lipinski definition) is 5. The third-order valence-corrected chi connectivity index (χ3v) is 6.95. The van der Waals surface area contributed by atoms with Crippen LogP contribution in [0.4, 0.5) is 0 Å². The van der Waals surface area contributed by atoms with Gasteiger partial charge in [0, 0.05) is 22.7 Å². The molecule has 0 aliphatic heterocycles. The molecule has 3 nitrogen and oxygen atoms in total. The van der Waals surface area contributed by atoms with Crippen LogP contribution in [0.25, 0.3) is 21.3 Å². The van der Waals surface area contributed by atoms with E-state index >= 15 is 0 Å². The van der Waals surface area contributed by atoms with Crippen molar-refractivity contribution in [2.75, 3.05) is 25.4 Å². The van der Waals surface area contributed by atoms with Crippen LogP contribution >= 0.6 is 23.1 Å². The second-order valence-electron chi connectivity index (χ2n) is 6.57. The smallest absolute Gasteiger partial charge is 0.128 e. The summed E-state index contributed by atoms with van der Waals surface area (Å²) in [6.45, 7) is 14.3. The molecular formula is C21H27N3S2. The topological polar surface area (TPSA) is 29.0 Å². The molecule has 0 saturated carbocycles. The van der Waals surface area contributed by atoms with Crippen molar-refractivity contribution in [3.05, 3.63) is 40.5 Å². The zero-order valence-corrected chi connectivity index (χ0v) is 17.9. The lowest BCUT2D eigenvalue weighted by molar-refractivity contribution is 0.324. The Kier molecular flexibility index (Phi) is 6.33. The van der Waals surface area contributed by atoms with Gasteiger partial charge in [0.25, 0.3) is 0 Å². The van der Waals surface area contributed by atoms with Crippen molar-refractivity contribution >= 4 is 33.3 Å². The average molecular weight is 386 g/mol. The van der Waals surface area contributed by atoms with Crippen LogP contribution in [0.5, 0.6) is 0 Å². The van der Waals surface area contributed by atoms with Gasteiger partial charge in [0.1, 0.15) is 16.2 Å². The van der Waals surface area contributed by atoms with Crippen LogP contribution in [0.2, 0.25) is 0 Å². The average Bonchev–Trinajstić information content (AvgIpc) is 2.98.